The first-order valence-corrected chi connectivity index (χ1v) is 7.79. The van der Waals surface area contributed by atoms with Gasteiger partial charge in [-0.1, -0.05) is 12.1 Å². The second kappa shape index (κ2) is 5.43. The Bertz CT molecular complexity index is 827. The minimum atomic E-state index is -0.309. The molecule has 0 aliphatic carbocycles. The van der Waals surface area contributed by atoms with Crippen molar-refractivity contribution in [2.75, 3.05) is 0 Å². The van der Waals surface area contributed by atoms with Gasteiger partial charge in [0, 0.05) is 0 Å². The molecule has 1 aromatic heterocycles. The van der Waals surface area contributed by atoms with Crippen LogP contribution in [0.1, 0.15) is 23.7 Å². The van der Waals surface area contributed by atoms with Crippen LogP contribution in [0, 0.1) is 12.7 Å². The third kappa shape index (κ3) is 2.47. The summed E-state index contributed by atoms with van der Waals surface area (Å²) in [5.41, 5.74) is 3.62. The van der Waals surface area contributed by atoms with E-state index in [1.54, 1.807) is 6.07 Å². The molecule has 2 aromatic carbocycles. The summed E-state index contributed by atoms with van der Waals surface area (Å²) in [5.74, 6) is 0.402. The van der Waals surface area contributed by atoms with Crippen LogP contribution in [0.15, 0.2) is 40.9 Å². The molecule has 108 valence electrons. The highest BCUT2D eigenvalue weighted by Crippen LogP contribution is 2.31. The zero-order valence-corrected chi connectivity index (χ0v) is 13.9. The van der Waals surface area contributed by atoms with Gasteiger partial charge in [0.2, 0.25) is 0 Å². The van der Waals surface area contributed by atoms with Crippen LogP contribution in [0.25, 0.3) is 16.7 Å². The minimum absolute atomic E-state index is 0.275. The van der Waals surface area contributed by atoms with E-state index in [-0.39, 0.29) is 11.2 Å². The molecular formula is C16H13BrClFN2. The van der Waals surface area contributed by atoms with Gasteiger partial charge in [0.15, 0.2) is 0 Å². The lowest BCUT2D eigenvalue weighted by atomic mass is 10.2. The lowest BCUT2D eigenvalue weighted by molar-refractivity contribution is 0.619. The summed E-state index contributed by atoms with van der Waals surface area (Å²) in [6.07, 6.45) is 0. The first kappa shape index (κ1) is 14.5. The fourth-order valence-electron chi connectivity index (χ4n) is 2.46. The van der Waals surface area contributed by atoms with Gasteiger partial charge >= 0.3 is 0 Å². The van der Waals surface area contributed by atoms with E-state index in [2.05, 4.69) is 20.9 Å². The molecule has 0 aliphatic rings. The number of alkyl halides is 1. The summed E-state index contributed by atoms with van der Waals surface area (Å²) in [7, 11) is 0. The maximum atomic E-state index is 13.9. The van der Waals surface area contributed by atoms with Crippen LogP contribution in [-0.4, -0.2) is 9.55 Å². The van der Waals surface area contributed by atoms with Crippen LogP contribution in [-0.2, 0) is 0 Å². The molecule has 1 unspecified atom stereocenters. The number of para-hydroxylation sites is 1. The highest BCUT2D eigenvalue weighted by atomic mass is 79.9. The van der Waals surface area contributed by atoms with E-state index in [9.17, 15) is 4.39 Å². The van der Waals surface area contributed by atoms with Crippen molar-refractivity contribution in [3.8, 4) is 5.69 Å². The van der Waals surface area contributed by atoms with Crippen molar-refractivity contribution in [3.63, 3.8) is 0 Å². The zero-order chi connectivity index (χ0) is 15.1. The number of imidazole rings is 1. The molecule has 1 heterocycles. The molecule has 0 radical (unpaired) electrons. The second-order valence-corrected chi connectivity index (χ2v) is 6.47. The van der Waals surface area contributed by atoms with Gasteiger partial charge in [-0.05, 0) is 59.6 Å². The number of hydrogen-bond acceptors (Lipinski definition) is 1. The van der Waals surface area contributed by atoms with Gasteiger partial charge in [-0.15, -0.1) is 11.6 Å². The Hall–Kier alpha value is -1.39. The Kier molecular flexibility index (Phi) is 3.76. The van der Waals surface area contributed by atoms with Gasteiger partial charge in [-0.25, -0.2) is 9.37 Å². The first-order chi connectivity index (χ1) is 9.99. The maximum Gasteiger partial charge on any atom is 0.139 e. The molecule has 0 bridgehead atoms. The number of nitrogens with zero attached hydrogens (tertiary/aromatic N) is 2. The predicted molar refractivity (Wildman–Crippen MR) is 87.7 cm³/mol. The number of benzene rings is 2. The van der Waals surface area contributed by atoms with Gasteiger partial charge in [0.1, 0.15) is 11.6 Å². The maximum absolute atomic E-state index is 13.9. The molecule has 2 nitrogen and oxygen atoms in total. The molecule has 3 rings (SSSR count). The molecule has 0 saturated heterocycles. The van der Waals surface area contributed by atoms with Crippen LogP contribution < -0.4 is 0 Å². The minimum Gasteiger partial charge on any atom is -0.295 e. The predicted octanol–water partition coefficient (Wildman–Crippen LogP) is 5.54. The van der Waals surface area contributed by atoms with E-state index < -0.39 is 0 Å². The molecule has 5 heteroatoms. The van der Waals surface area contributed by atoms with E-state index in [0.717, 1.165) is 22.3 Å². The van der Waals surface area contributed by atoms with Gasteiger partial charge in [-0.3, -0.25) is 4.57 Å². The van der Waals surface area contributed by atoms with Gasteiger partial charge in [0.05, 0.1) is 26.6 Å². The second-order valence-electron chi connectivity index (χ2n) is 4.96. The average Bonchev–Trinajstić information content (AvgIpc) is 2.83. The summed E-state index contributed by atoms with van der Waals surface area (Å²) in [6, 6.07) is 10.9. The Morgan fingerprint density at radius 1 is 1.29 bits per heavy atom. The Morgan fingerprint density at radius 2 is 2.05 bits per heavy atom. The average molecular weight is 368 g/mol. The lowest BCUT2D eigenvalue weighted by Crippen LogP contribution is -2.03. The number of hydrogen-bond donors (Lipinski definition) is 0. The van der Waals surface area contributed by atoms with E-state index in [0.29, 0.717) is 10.3 Å². The van der Waals surface area contributed by atoms with Crippen molar-refractivity contribution in [1.29, 1.82) is 0 Å². The number of aromatic nitrogens is 2. The quantitative estimate of drug-likeness (QED) is 0.544. The molecule has 1 atom stereocenters. The van der Waals surface area contributed by atoms with E-state index in [1.807, 2.05) is 42.7 Å². The van der Waals surface area contributed by atoms with Crippen LogP contribution >= 0.6 is 27.5 Å². The third-order valence-corrected chi connectivity index (χ3v) is 4.26. The molecule has 0 aliphatic heterocycles. The largest absolute Gasteiger partial charge is 0.295 e. The van der Waals surface area contributed by atoms with E-state index >= 15 is 0 Å². The molecule has 0 saturated carbocycles. The molecule has 21 heavy (non-hydrogen) atoms. The standard InChI is InChI=1S/C16H13BrClFN2/c1-9-4-3-5-14-15(9)21(16(20-14)10(2)18)11-6-7-12(17)13(19)8-11/h3-8,10H,1-2H3. The summed E-state index contributed by atoms with van der Waals surface area (Å²) in [4.78, 5) is 4.60. The van der Waals surface area contributed by atoms with Crippen LogP contribution in [0.5, 0.6) is 0 Å². The molecule has 3 aromatic rings. The Balaban J connectivity index is 2.38. The molecule has 0 spiro atoms. The van der Waals surface area contributed by atoms with Gasteiger partial charge in [-0.2, -0.15) is 0 Å². The zero-order valence-electron chi connectivity index (χ0n) is 11.6. The smallest absolute Gasteiger partial charge is 0.139 e. The fraction of sp³-hybridized carbons (Fsp3) is 0.188. The third-order valence-electron chi connectivity index (χ3n) is 3.42. The fourth-order valence-corrected chi connectivity index (χ4v) is 2.86. The Labute approximate surface area is 135 Å². The summed E-state index contributed by atoms with van der Waals surface area (Å²) in [6.45, 7) is 3.88. The van der Waals surface area contributed by atoms with Crippen molar-refractivity contribution in [2.45, 2.75) is 19.2 Å². The first-order valence-electron chi connectivity index (χ1n) is 6.56. The van der Waals surface area contributed by atoms with Crippen LogP contribution in [0.3, 0.4) is 0 Å². The summed E-state index contributed by atoms with van der Waals surface area (Å²) in [5, 5.41) is -0.275. The van der Waals surface area contributed by atoms with Crippen molar-refractivity contribution >= 4 is 38.6 Å². The SMILES string of the molecule is Cc1cccc2nc(C(C)Cl)n(-c3ccc(Br)c(F)c3)c12. The molecule has 0 amide bonds. The summed E-state index contributed by atoms with van der Waals surface area (Å²) < 4.78 is 16.3. The lowest BCUT2D eigenvalue weighted by Gasteiger charge is -2.12. The number of rotatable bonds is 2. The van der Waals surface area contributed by atoms with Crippen molar-refractivity contribution in [2.24, 2.45) is 0 Å². The normalized spacial score (nSPS) is 12.8. The molecular weight excluding hydrogens is 355 g/mol. The van der Waals surface area contributed by atoms with Gasteiger partial charge < -0.3 is 0 Å². The molecule has 0 N–H and O–H groups in total. The topological polar surface area (TPSA) is 17.8 Å². The number of fused-ring (bicyclic) bond motifs is 1. The highest BCUT2D eigenvalue weighted by molar-refractivity contribution is 9.10. The van der Waals surface area contributed by atoms with E-state index in [4.69, 9.17) is 11.6 Å². The van der Waals surface area contributed by atoms with Crippen molar-refractivity contribution in [1.82, 2.24) is 9.55 Å². The monoisotopic (exact) mass is 366 g/mol. The number of halogens is 3. The van der Waals surface area contributed by atoms with Crippen LogP contribution in [0.2, 0.25) is 0 Å². The van der Waals surface area contributed by atoms with E-state index in [1.165, 1.54) is 6.07 Å². The Morgan fingerprint density at radius 3 is 2.71 bits per heavy atom. The number of aryl methyl sites for hydroxylation is 1. The highest BCUT2D eigenvalue weighted by Gasteiger charge is 2.18. The van der Waals surface area contributed by atoms with Crippen LogP contribution in [0.4, 0.5) is 4.39 Å². The summed E-state index contributed by atoms with van der Waals surface area (Å²) >= 11 is 9.45. The van der Waals surface area contributed by atoms with Crippen molar-refractivity contribution in [3.05, 3.63) is 58.1 Å². The van der Waals surface area contributed by atoms with Crippen molar-refractivity contribution < 1.29 is 4.39 Å². The van der Waals surface area contributed by atoms with Gasteiger partial charge in [0.25, 0.3) is 0 Å². The molecule has 0 fully saturated rings.